The number of fused-ring (bicyclic) bond motifs is 1. The van der Waals surface area contributed by atoms with Crippen LogP contribution in [0, 0.1) is 0 Å². The fourth-order valence-electron chi connectivity index (χ4n) is 2.86. The molecule has 1 atom stereocenters. The van der Waals surface area contributed by atoms with Gasteiger partial charge in [-0.1, -0.05) is 54.6 Å². The van der Waals surface area contributed by atoms with E-state index in [1.807, 2.05) is 85.1 Å². The van der Waals surface area contributed by atoms with E-state index in [4.69, 9.17) is 0 Å². The number of rotatable bonds is 3. The van der Waals surface area contributed by atoms with E-state index < -0.39 is 10.8 Å². The summed E-state index contributed by atoms with van der Waals surface area (Å²) in [4.78, 5) is 10.9. The molecule has 0 saturated heterocycles. The zero-order valence-corrected chi connectivity index (χ0v) is 18.2. The summed E-state index contributed by atoms with van der Waals surface area (Å²) < 4.78 is 16.5. The lowest BCUT2D eigenvalue weighted by Gasteiger charge is -2.04. The molecule has 6 heteroatoms. The Hall–Kier alpha value is -3.35. The molecule has 1 aliphatic rings. The van der Waals surface area contributed by atoms with Gasteiger partial charge in [-0.3, -0.25) is 0 Å². The van der Waals surface area contributed by atoms with Gasteiger partial charge in [0.25, 0.3) is 0 Å². The maximum atomic E-state index is 12.4. The summed E-state index contributed by atoms with van der Waals surface area (Å²) in [7, 11) is -1.14. The van der Waals surface area contributed by atoms with Crippen molar-refractivity contribution in [1.82, 2.24) is 9.97 Å². The maximum absolute atomic E-state index is 12.4. The van der Waals surface area contributed by atoms with Crippen LogP contribution in [0.4, 0.5) is 0 Å². The summed E-state index contributed by atoms with van der Waals surface area (Å²) in [6, 6.07) is 27.1. The molecule has 0 radical (unpaired) electrons. The topological polar surface area (TPSA) is 55.2 Å². The minimum absolute atomic E-state index is 0.786. The molecule has 0 amide bonds. The van der Waals surface area contributed by atoms with Crippen molar-refractivity contribution in [3.63, 3.8) is 0 Å². The van der Waals surface area contributed by atoms with E-state index in [-0.39, 0.29) is 0 Å². The van der Waals surface area contributed by atoms with E-state index in [1.165, 1.54) is 28.7 Å². The molecule has 1 aliphatic heterocycles. The van der Waals surface area contributed by atoms with Gasteiger partial charge in [0.05, 0.1) is 16.5 Å². The van der Waals surface area contributed by atoms with Crippen molar-refractivity contribution in [3.8, 4) is 11.3 Å². The second-order valence-electron chi connectivity index (χ2n) is 6.44. The third-order valence-corrected chi connectivity index (χ3v) is 6.59. The average molecular weight is 442 g/mol. The van der Waals surface area contributed by atoms with Gasteiger partial charge < -0.3 is 0 Å². The molecule has 0 spiro atoms. The molecule has 31 heavy (non-hydrogen) atoms. The predicted molar refractivity (Wildman–Crippen MR) is 128 cm³/mol. The number of benzene rings is 3. The van der Waals surface area contributed by atoms with Crippen LogP contribution >= 0.6 is 11.9 Å². The summed E-state index contributed by atoms with van der Waals surface area (Å²) in [6.07, 6.45) is 9.06. The summed E-state index contributed by atoms with van der Waals surface area (Å²) in [5.74, 6) is 0. The number of hydrogen-bond acceptors (Lipinski definition) is 5. The van der Waals surface area contributed by atoms with Crippen molar-refractivity contribution >= 4 is 35.0 Å². The van der Waals surface area contributed by atoms with E-state index in [2.05, 4.69) is 32.6 Å². The number of allylic oxidation sites excluding steroid dienone is 1. The Balaban J connectivity index is 0.000000177. The molecule has 152 valence electrons. The highest BCUT2D eigenvalue weighted by Crippen LogP contribution is 2.25. The van der Waals surface area contributed by atoms with Crippen LogP contribution in [0.15, 0.2) is 123 Å². The van der Waals surface area contributed by atoms with E-state index >= 15 is 0 Å². The van der Waals surface area contributed by atoms with Gasteiger partial charge in [0, 0.05) is 44.6 Å². The third kappa shape index (κ3) is 5.63. The van der Waals surface area contributed by atoms with Crippen LogP contribution in [-0.2, 0) is 10.8 Å². The second-order valence-corrected chi connectivity index (χ2v) is 8.76. The van der Waals surface area contributed by atoms with Crippen LogP contribution in [-0.4, -0.2) is 20.4 Å². The lowest BCUT2D eigenvalue weighted by atomic mass is 10.1. The van der Waals surface area contributed by atoms with Crippen molar-refractivity contribution in [3.05, 3.63) is 109 Å². The minimum Gasteiger partial charge on any atom is -0.249 e. The summed E-state index contributed by atoms with van der Waals surface area (Å²) in [6.45, 7) is 0. The summed E-state index contributed by atoms with van der Waals surface area (Å²) >= 11 is 1.52. The molecule has 1 aromatic heterocycles. The Kier molecular flexibility index (Phi) is 7.16. The van der Waals surface area contributed by atoms with Crippen molar-refractivity contribution in [2.75, 3.05) is 0 Å². The molecule has 0 bridgehead atoms. The molecule has 0 saturated carbocycles. The normalized spacial score (nSPS) is 12.8. The predicted octanol–water partition coefficient (Wildman–Crippen LogP) is 6.10. The zero-order chi connectivity index (χ0) is 21.3. The molecule has 4 nitrogen and oxygen atoms in total. The zero-order valence-electron chi connectivity index (χ0n) is 16.5. The summed E-state index contributed by atoms with van der Waals surface area (Å²) in [5.41, 5.74) is 3.09. The maximum Gasteiger partial charge on any atom is 0.116 e. The highest BCUT2D eigenvalue weighted by Gasteiger charge is 2.07. The second kappa shape index (κ2) is 10.6. The molecule has 2 heterocycles. The minimum atomic E-state index is -1.14. The molecule has 4 aromatic rings. The molecule has 0 fully saturated rings. The standard InChI is InChI=1S/C16H12N2OS.C9H7NS/c19-20(14-4-2-1-3-5-14)15-8-6-13(7-9-15)16-10-11-17-12-18-16;1-2-6-9-8(4-1)5-3-7-10-11-9/h1-12H;1-7H. The SMILES string of the molecule is C1=Cc2ccccc2SN=C1.O=S(c1ccccc1)c1ccc(-c2ccncn2)cc1. The lowest BCUT2D eigenvalue weighted by molar-refractivity contribution is 0.683. The van der Waals surface area contributed by atoms with E-state index in [0.717, 1.165) is 21.0 Å². The van der Waals surface area contributed by atoms with E-state index in [1.54, 1.807) is 6.20 Å². The fourth-order valence-corrected chi connectivity index (χ4v) is 4.55. The van der Waals surface area contributed by atoms with Crippen molar-refractivity contribution in [2.45, 2.75) is 14.7 Å². The number of hydrogen-bond donors (Lipinski definition) is 0. The lowest BCUT2D eigenvalue weighted by Crippen LogP contribution is -1.92. The quantitative estimate of drug-likeness (QED) is 0.360. The van der Waals surface area contributed by atoms with Gasteiger partial charge >= 0.3 is 0 Å². The Bertz CT molecular complexity index is 1210. The van der Waals surface area contributed by atoms with Crippen LogP contribution in [0.2, 0.25) is 0 Å². The van der Waals surface area contributed by atoms with Gasteiger partial charge in [0.1, 0.15) is 6.33 Å². The van der Waals surface area contributed by atoms with E-state index in [0.29, 0.717) is 0 Å². The van der Waals surface area contributed by atoms with Crippen LogP contribution < -0.4 is 0 Å². The van der Waals surface area contributed by atoms with Crippen LogP contribution in [0.5, 0.6) is 0 Å². The van der Waals surface area contributed by atoms with Gasteiger partial charge in [-0.2, -0.15) is 0 Å². The van der Waals surface area contributed by atoms with Crippen LogP contribution in [0.3, 0.4) is 0 Å². The van der Waals surface area contributed by atoms with Gasteiger partial charge in [0.15, 0.2) is 0 Å². The van der Waals surface area contributed by atoms with Gasteiger partial charge in [-0.15, -0.1) is 0 Å². The molecular weight excluding hydrogens is 422 g/mol. The first kappa shape index (κ1) is 20.9. The Labute approximate surface area is 188 Å². The first-order valence-electron chi connectivity index (χ1n) is 9.60. The molecule has 1 unspecified atom stereocenters. The fraction of sp³-hybridized carbons (Fsp3) is 0. The molecule has 3 aromatic carbocycles. The smallest absolute Gasteiger partial charge is 0.116 e. The first-order valence-corrected chi connectivity index (χ1v) is 11.5. The van der Waals surface area contributed by atoms with Crippen molar-refractivity contribution in [1.29, 1.82) is 0 Å². The number of aromatic nitrogens is 2. The van der Waals surface area contributed by atoms with Gasteiger partial charge in [0.2, 0.25) is 0 Å². The van der Waals surface area contributed by atoms with E-state index in [9.17, 15) is 4.21 Å². The Morgan fingerprint density at radius 3 is 2.29 bits per heavy atom. The van der Waals surface area contributed by atoms with Crippen molar-refractivity contribution in [2.24, 2.45) is 4.40 Å². The average Bonchev–Trinajstić information content (AvgIpc) is 3.11. The Morgan fingerprint density at radius 2 is 1.52 bits per heavy atom. The molecular formula is C25H19N3OS2. The first-order chi connectivity index (χ1) is 15.3. The number of nitrogens with zero attached hydrogens (tertiary/aromatic N) is 3. The molecule has 5 rings (SSSR count). The summed E-state index contributed by atoms with van der Waals surface area (Å²) in [5, 5.41) is 0. The van der Waals surface area contributed by atoms with Crippen LogP contribution in [0.1, 0.15) is 5.56 Å². The van der Waals surface area contributed by atoms with Crippen LogP contribution in [0.25, 0.3) is 17.3 Å². The van der Waals surface area contributed by atoms with Crippen molar-refractivity contribution < 1.29 is 4.21 Å². The monoisotopic (exact) mass is 441 g/mol. The largest absolute Gasteiger partial charge is 0.249 e. The third-order valence-electron chi connectivity index (χ3n) is 4.40. The molecule has 0 N–H and O–H groups in total. The highest BCUT2D eigenvalue weighted by atomic mass is 32.2. The molecule has 0 aliphatic carbocycles. The Morgan fingerprint density at radius 1 is 0.774 bits per heavy atom. The van der Waals surface area contributed by atoms with Gasteiger partial charge in [-0.05, 0) is 48.0 Å². The highest BCUT2D eigenvalue weighted by molar-refractivity contribution is 7.98. The van der Waals surface area contributed by atoms with Gasteiger partial charge in [-0.25, -0.2) is 18.6 Å².